The van der Waals surface area contributed by atoms with Gasteiger partial charge in [0.25, 0.3) is 0 Å². The second-order valence-corrected chi connectivity index (χ2v) is 9.85. The largest absolute Gasteiger partial charge is 0.393 e. The summed E-state index contributed by atoms with van der Waals surface area (Å²) in [5.41, 5.74) is 0.145. The highest BCUT2D eigenvalue weighted by Crippen LogP contribution is 2.68. The molecule has 0 aromatic carbocycles. The molecule has 126 valence electrons. The monoisotopic (exact) mass is 306 g/mol. The average molecular weight is 306 g/mol. The Bertz CT molecular complexity index is 459. The summed E-state index contributed by atoms with van der Waals surface area (Å²) in [7, 11) is 0. The Hall–Kier alpha value is -0.0800. The third-order valence-corrected chi connectivity index (χ3v) is 9.20. The van der Waals surface area contributed by atoms with E-state index in [-0.39, 0.29) is 11.5 Å². The van der Waals surface area contributed by atoms with Crippen LogP contribution in [0.1, 0.15) is 78.6 Å². The van der Waals surface area contributed by atoms with Gasteiger partial charge in [0, 0.05) is 0 Å². The van der Waals surface area contributed by atoms with Gasteiger partial charge in [-0.25, -0.2) is 0 Å². The first-order chi connectivity index (χ1) is 10.3. The summed E-state index contributed by atoms with van der Waals surface area (Å²) >= 11 is 0. The molecule has 2 N–H and O–H groups in total. The van der Waals surface area contributed by atoms with E-state index in [1.165, 1.54) is 38.5 Å². The summed E-state index contributed by atoms with van der Waals surface area (Å²) in [4.78, 5) is 0. The van der Waals surface area contributed by atoms with Crippen molar-refractivity contribution in [3.63, 3.8) is 0 Å². The zero-order valence-electron chi connectivity index (χ0n) is 14.6. The van der Waals surface area contributed by atoms with Crippen molar-refractivity contribution in [2.45, 2.75) is 90.3 Å². The van der Waals surface area contributed by atoms with Crippen LogP contribution in [0.3, 0.4) is 0 Å². The highest BCUT2D eigenvalue weighted by atomic mass is 16.3. The van der Waals surface area contributed by atoms with Crippen LogP contribution in [0.25, 0.3) is 0 Å². The summed E-state index contributed by atoms with van der Waals surface area (Å²) in [5.74, 6) is 3.13. The predicted octanol–water partition coefficient (Wildman–Crippen LogP) is 4.14. The lowest BCUT2D eigenvalue weighted by molar-refractivity contribution is -0.153. The molecule has 4 saturated carbocycles. The van der Waals surface area contributed by atoms with Crippen LogP contribution in [-0.4, -0.2) is 21.9 Å². The van der Waals surface area contributed by atoms with Crippen molar-refractivity contribution in [3.05, 3.63) is 0 Å². The molecule has 0 saturated heterocycles. The Balaban J connectivity index is 1.64. The minimum absolute atomic E-state index is 0.0457. The second kappa shape index (κ2) is 4.72. The number of aliphatic hydroxyl groups is 2. The molecule has 0 spiro atoms. The summed E-state index contributed by atoms with van der Waals surface area (Å²) in [6, 6.07) is 0. The highest BCUT2D eigenvalue weighted by molar-refractivity contribution is 5.12. The normalized spacial score (nSPS) is 61.2. The standard InChI is InChI=1S/C20H34O2/c1-18-9-6-14(21)12-13(18)4-5-15-16(18)7-10-19(2)17(15)8-11-20(19,3)22/h13-17,21-22H,4-12H2,1-3H3/t13-,14+,15+,16?,17?,18-,19-,20-/m0/s1. The molecule has 4 rings (SSSR count). The molecule has 2 heteroatoms. The van der Waals surface area contributed by atoms with Gasteiger partial charge in [0.1, 0.15) is 0 Å². The maximum absolute atomic E-state index is 10.9. The number of hydrogen-bond acceptors (Lipinski definition) is 2. The average Bonchev–Trinajstić information content (AvgIpc) is 2.70. The van der Waals surface area contributed by atoms with E-state index in [0.717, 1.165) is 42.9 Å². The fraction of sp³-hybridized carbons (Fsp3) is 1.00. The summed E-state index contributed by atoms with van der Waals surface area (Å²) in [6.07, 6.45) is 10.6. The van der Waals surface area contributed by atoms with Gasteiger partial charge in [0.05, 0.1) is 11.7 Å². The maximum Gasteiger partial charge on any atom is 0.0675 e. The Morgan fingerprint density at radius 1 is 0.818 bits per heavy atom. The van der Waals surface area contributed by atoms with Crippen molar-refractivity contribution in [1.82, 2.24) is 0 Å². The van der Waals surface area contributed by atoms with E-state index in [2.05, 4.69) is 20.8 Å². The number of rotatable bonds is 0. The van der Waals surface area contributed by atoms with Crippen LogP contribution in [0.4, 0.5) is 0 Å². The number of fused-ring (bicyclic) bond motifs is 5. The summed E-state index contributed by atoms with van der Waals surface area (Å²) in [6.45, 7) is 7.01. The van der Waals surface area contributed by atoms with Gasteiger partial charge >= 0.3 is 0 Å². The smallest absolute Gasteiger partial charge is 0.0675 e. The molecule has 0 aromatic rings. The van der Waals surface area contributed by atoms with Crippen LogP contribution in [0.2, 0.25) is 0 Å². The molecule has 0 bridgehead atoms. The first-order valence-corrected chi connectivity index (χ1v) is 9.68. The van der Waals surface area contributed by atoms with E-state index >= 15 is 0 Å². The lowest BCUT2D eigenvalue weighted by Gasteiger charge is -2.61. The topological polar surface area (TPSA) is 40.5 Å². The van der Waals surface area contributed by atoms with Gasteiger partial charge in [-0.2, -0.15) is 0 Å². The lowest BCUT2D eigenvalue weighted by Crippen LogP contribution is -2.56. The van der Waals surface area contributed by atoms with Crippen molar-refractivity contribution < 1.29 is 10.2 Å². The van der Waals surface area contributed by atoms with Gasteiger partial charge in [0.2, 0.25) is 0 Å². The van der Waals surface area contributed by atoms with E-state index in [4.69, 9.17) is 0 Å². The van der Waals surface area contributed by atoms with Crippen molar-refractivity contribution in [2.24, 2.45) is 34.5 Å². The SMILES string of the molecule is C[C@]1(O)CCC2[C@@H]3CC[C@H]4C[C@H](O)CC[C@]4(C)C3CC[C@@]21C. The first kappa shape index (κ1) is 15.4. The van der Waals surface area contributed by atoms with Gasteiger partial charge in [-0.3, -0.25) is 0 Å². The van der Waals surface area contributed by atoms with Gasteiger partial charge in [-0.15, -0.1) is 0 Å². The molecule has 2 nitrogen and oxygen atoms in total. The molecule has 2 unspecified atom stereocenters. The Morgan fingerprint density at radius 2 is 1.55 bits per heavy atom. The van der Waals surface area contributed by atoms with Gasteiger partial charge < -0.3 is 10.2 Å². The number of aliphatic hydroxyl groups excluding tert-OH is 1. The maximum atomic E-state index is 10.9. The molecule has 0 heterocycles. The summed E-state index contributed by atoms with van der Waals surface area (Å²) in [5, 5.41) is 21.0. The molecule has 4 aliphatic carbocycles. The van der Waals surface area contributed by atoms with Crippen LogP contribution >= 0.6 is 0 Å². The third-order valence-electron chi connectivity index (χ3n) is 9.20. The molecule has 22 heavy (non-hydrogen) atoms. The van der Waals surface area contributed by atoms with E-state index in [1.807, 2.05) is 0 Å². The van der Waals surface area contributed by atoms with Crippen LogP contribution in [-0.2, 0) is 0 Å². The van der Waals surface area contributed by atoms with Crippen LogP contribution < -0.4 is 0 Å². The van der Waals surface area contributed by atoms with Gasteiger partial charge in [-0.1, -0.05) is 13.8 Å². The van der Waals surface area contributed by atoms with E-state index < -0.39 is 5.60 Å². The minimum atomic E-state index is -0.455. The molecule has 0 aliphatic heterocycles. The Morgan fingerprint density at radius 3 is 2.32 bits per heavy atom. The third kappa shape index (κ3) is 1.86. The van der Waals surface area contributed by atoms with Crippen LogP contribution in [0.5, 0.6) is 0 Å². The fourth-order valence-corrected chi connectivity index (χ4v) is 7.48. The van der Waals surface area contributed by atoms with Gasteiger partial charge in [-0.05, 0) is 99.2 Å². The fourth-order valence-electron chi connectivity index (χ4n) is 7.48. The summed E-state index contributed by atoms with van der Waals surface area (Å²) < 4.78 is 0. The Kier molecular flexibility index (Phi) is 3.32. The zero-order valence-corrected chi connectivity index (χ0v) is 14.6. The highest BCUT2D eigenvalue weighted by Gasteiger charge is 2.63. The quantitative estimate of drug-likeness (QED) is 0.706. The van der Waals surface area contributed by atoms with Crippen molar-refractivity contribution >= 4 is 0 Å². The molecule has 8 atom stereocenters. The molecular formula is C20H34O2. The van der Waals surface area contributed by atoms with E-state index in [1.54, 1.807) is 0 Å². The molecule has 0 aromatic heterocycles. The van der Waals surface area contributed by atoms with Crippen LogP contribution in [0.15, 0.2) is 0 Å². The van der Waals surface area contributed by atoms with Crippen LogP contribution in [0, 0.1) is 34.5 Å². The Labute approximate surface area is 135 Å². The predicted molar refractivity (Wildman–Crippen MR) is 88.4 cm³/mol. The van der Waals surface area contributed by atoms with Crippen molar-refractivity contribution in [1.29, 1.82) is 0 Å². The zero-order chi connectivity index (χ0) is 15.8. The second-order valence-electron chi connectivity index (χ2n) is 9.85. The number of hydrogen-bond donors (Lipinski definition) is 2. The molecule has 0 amide bonds. The van der Waals surface area contributed by atoms with E-state index in [9.17, 15) is 10.2 Å². The van der Waals surface area contributed by atoms with Crippen molar-refractivity contribution in [3.8, 4) is 0 Å². The van der Waals surface area contributed by atoms with E-state index in [0.29, 0.717) is 5.41 Å². The van der Waals surface area contributed by atoms with Crippen molar-refractivity contribution in [2.75, 3.05) is 0 Å². The lowest BCUT2D eigenvalue weighted by atomic mass is 9.44. The molecule has 4 aliphatic rings. The molecule has 0 radical (unpaired) electrons. The van der Waals surface area contributed by atoms with Gasteiger partial charge in [0.15, 0.2) is 0 Å². The minimum Gasteiger partial charge on any atom is -0.393 e. The molecule has 4 fully saturated rings. The molecular weight excluding hydrogens is 272 g/mol. The first-order valence-electron chi connectivity index (χ1n) is 9.68.